The molecule has 2 amide bonds. The van der Waals surface area contributed by atoms with Gasteiger partial charge in [0.1, 0.15) is 11.8 Å². The zero-order valence-corrected chi connectivity index (χ0v) is 16.9. The summed E-state index contributed by atoms with van der Waals surface area (Å²) >= 11 is 0. The Morgan fingerprint density at radius 1 is 1.17 bits per heavy atom. The number of carbonyl (C=O) groups excluding carboxylic acids is 2. The lowest BCUT2D eigenvalue weighted by Crippen LogP contribution is -2.45. The van der Waals surface area contributed by atoms with Crippen LogP contribution in [0.1, 0.15) is 44.7 Å². The molecular weight excluding hydrogens is 366 g/mol. The Hall–Kier alpha value is -2.86. The number of anilines is 2. The third-order valence-corrected chi connectivity index (χ3v) is 5.73. The molecule has 4 rings (SSSR count). The van der Waals surface area contributed by atoms with Crippen LogP contribution in [0.2, 0.25) is 0 Å². The molecule has 0 aliphatic carbocycles. The summed E-state index contributed by atoms with van der Waals surface area (Å²) in [6, 6.07) is 15.2. The largest absolute Gasteiger partial charge is 0.479 e. The van der Waals surface area contributed by atoms with Crippen molar-refractivity contribution in [2.75, 3.05) is 17.2 Å². The van der Waals surface area contributed by atoms with E-state index in [0.717, 1.165) is 24.9 Å². The van der Waals surface area contributed by atoms with Crippen LogP contribution in [0.4, 0.5) is 11.4 Å². The van der Waals surface area contributed by atoms with Crippen LogP contribution in [0.15, 0.2) is 48.5 Å². The fourth-order valence-corrected chi connectivity index (χ4v) is 4.13. The van der Waals surface area contributed by atoms with E-state index in [4.69, 9.17) is 4.74 Å². The third-order valence-electron chi connectivity index (χ3n) is 5.73. The number of nitrogens with zero attached hydrogens (tertiary/aromatic N) is 1. The Labute approximate surface area is 171 Å². The second-order valence-electron chi connectivity index (χ2n) is 7.85. The summed E-state index contributed by atoms with van der Waals surface area (Å²) < 4.78 is 5.60. The zero-order valence-electron chi connectivity index (χ0n) is 16.9. The van der Waals surface area contributed by atoms with Crippen LogP contribution in [-0.4, -0.2) is 35.4 Å². The van der Waals surface area contributed by atoms with E-state index in [1.165, 1.54) is 6.42 Å². The van der Waals surface area contributed by atoms with Crippen molar-refractivity contribution in [2.45, 2.75) is 51.3 Å². The molecule has 1 saturated heterocycles. The molecule has 0 unspecified atom stereocenters. The summed E-state index contributed by atoms with van der Waals surface area (Å²) in [5, 5.41) is 5.88. The van der Waals surface area contributed by atoms with Crippen molar-refractivity contribution >= 4 is 23.2 Å². The number of carbonyl (C=O) groups is 2. The highest BCUT2D eigenvalue weighted by Gasteiger charge is 2.32. The maximum absolute atomic E-state index is 13.4. The van der Waals surface area contributed by atoms with Crippen LogP contribution < -0.4 is 15.4 Å². The van der Waals surface area contributed by atoms with Gasteiger partial charge in [0.15, 0.2) is 6.10 Å². The molecule has 2 heterocycles. The van der Waals surface area contributed by atoms with Gasteiger partial charge in [-0.3, -0.25) is 14.5 Å². The van der Waals surface area contributed by atoms with Crippen molar-refractivity contribution < 1.29 is 14.3 Å². The number of hydrogen-bond donors (Lipinski definition) is 2. The fraction of sp³-hybridized carbons (Fsp3) is 0.391. The maximum atomic E-state index is 13.4. The molecule has 6 nitrogen and oxygen atoms in total. The first kappa shape index (κ1) is 19.5. The van der Waals surface area contributed by atoms with Crippen LogP contribution >= 0.6 is 0 Å². The standard InChI is InChI=1S/C23H27N3O3/c1-15-8-6-7-13-26(15)21(17-9-4-3-5-10-17)23(28)24-18-11-12-20-19(14-18)25-22(27)16(2)29-20/h3-5,9-12,14-16,21H,6-8,13H2,1-2H3,(H,24,28)(H,25,27)/t15-,16-,21+/m0/s1. The lowest BCUT2D eigenvalue weighted by atomic mass is 9.96. The van der Waals surface area contributed by atoms with Crippen LogP contribution in [0, 0.1) is 0 Å². The predicted octanol–water partition coefficient (Wildman–Crippen LogP) is 3.96. The first-order valence-electron chi connectivity index (χ1n) is 10.3. The topological polar surface area (TPSA) is 70.7 Å². The molecule has 3 atom stereocenters. The number of hydrogen-bond acceptors (Lipinski definition) is 4. The molecule has 29 heavy (non-hydrogen) atoms. The molecule has 0 radical (unpaired) electrons. The Balaban J connectivity index is 1.59. The van der Waals surface area contributed by atoms with Gasteiger partial charge in [0.2, 0.25) is 5.91 Å². The number of piperidine rings is 1. The van der Waals surface area contributed by atoms with Crippen molar-refractivity contribution in [1.29, 1.82) is 0 Å². The lowest BCUT2D eigenvalue weighted by molar-refractivity contribution is -0.123. The van der Waals surface area contributed by atoms with Gasteiger partial charge in [0.25, 0.3) is 5.91 Å². The van der Waals surface area contributed by atoms with Crippen molar-refractivity contribution in [2.24, 2.45) is 0 Å². The SMILES string of the molecule is C[C@@H]1Oc2ccc(NC(=O)[C@@H](c3ccccc3)N3CCCC[C@@H]3C)cc2NC1=O. The quantitative estimate of drug-likeness (QED) is 0.825. The van der Waals surface area contributed by atoms with Crippen LogP contribution in [0.3, 0.4) is 0 Å². The van der Waals surface area contributed by atoms with Crippen LogP contribution in [-0.2, 0) is 9.59 Å². The van der Waals surface area contributed by atoms with E-state index in [1.54, 1.807) is 19.1 Å². The number of likely N-dealkylation sites (tertiary alicyclic amines) is 1. The van der Waals surface area contributed by atoms with Crippen molar-refractivity contribution in [1.82, 2.24) is 4.90 Å². The molecule has 0 bridgehead atoms. The highest BCUT2D eigenvalue weighted by molar-refractivity contribution is 6.00. The highest BCUT2D eigenvalue weighted by Crippen LogP contribution is 2.34. The molecule has 1 fully saturated rings. The highest BCUT2D eigenvalue weighted by atomic mass is 16.5. The maximum Gasteiger partial charge on any atom is 0.265 e. The second kappa shape index (κ2) is 8.25. The van der Waals surface area contributed by atoms with Crippen LogP contribution in [0.5, 0.6) is 5.75 Å². The van der Waals surface area contributed by atoms with Gasteiger partial charge in [0, 0.05) is 11.7 Å². The summed E-state index contributed by atoms with van der Waals surface area (Å²) in [5.74, 6) is 0.353. The first-order valence-corrected chi connectivity index (χ1v) is 10.3. The average Bonchev–Trinajstić information content (AvgIpc) is 2.71. The minimum absolute atomic E-state index is 0.0682. The zero-order chi connectivity index (χ0) is 20.4. The molecule has 0 aromatic heterocycles. The number of rotatable bonds is 4. The van der Waals surface area contributed by atoms with E-state index in [1.807, 2.05) is 36.4 Å². The normalized spacial score (nSPS) is 22.8. The predicted molar refractivity (Wildman–Crippen MR) is 113 cm³/mol. The monoisotopic (exact) mass is 393 g/mol. The Morgan fingerprint density at radius 3 is 2.72 bits per heavy atom. The van der Waals surface area contributed by atoms with Gasteiger partial charge in [-0.1, -0.05) is 36.8 Å². The second-order valence-corrected chi connectivity index (χ2v) is 7.85. The Kier molecular flexibility index (Phi) is 5.53. The summed E-state index contributed by atoms with van der Waals surface area (Å²) in [4.78, 5) is 27.6. The number of amides is 2. The van der Waals surface area contributed by atoms with E-state index in [2.05, 4.69) is 22.5 Å². The summed E-state index contributed by atoms with van der Waals surface area (Å²) in [5.41, 5.74) is 2.20. The number of benzene rings is 2. The minimum Gasteiger partial charge on any atom is -0.479 e. The van der Waals surface area contributed by atoms with E-state index < -0.39 is 6.10 Å². The van der Waals surface area contributed by atoms with Crippen molar-refractivity contribution in [3.63, 3.8) is 0 Å². The summed E-state index contributed by atoms with van der Waals surface area (Å²) in [6.45, 7) is 4.80. The minimum atomic E-state index is -0.522. The average molecular weight is 393 g/mol. The van der Waals surface area contributed by atoms with Gasteiger partial charge in [-0.05, 0) is 57.0 Å². The van der Waals surface area contributed by atoms with Crippen molar-refractivity contribution in [3.05, 3.63) is 54.1 Å². The molecule has 152 valence electrons. The van der Waals surface area contributed by atoms with Gasteiger partial charge < -0.3 is 15.4 Å². The molecule has 2 aromatic carbocycles. The molecule has 0 saturated carbocycles. The van der Waals surface area contributed by atoms with Gasteiger partial charge in [-0.2, -0.15) is 0 Å². The molecular formula is C23H27N3O3. The Bertz CT molecular complexity index is 899. The molecule has 0 spiro atoms. The Morgan fingerprint density at radius 2 is 1.97 bits per heavy atom. The van der Waals surface area contributed by atoms with E-state index in [0.29, 0.717) is 23.2 Å². The summed E-state index contributed by atoms with van der Waals surface area (Å²) in [6.07, 6.45) is 2.87. The fourth-order valence-electron chi connectivity index (χ4n) is 4.13. The van der Waals surface area contributed by atoms with Gasteiger partial charge in [-0.25, -0.2) is 0 Å². The third kappa shape index (κ3) is 4.12. The smallest absolute Gasteiger partial charge is 0.265 e. The van der Waals surface area contributed by atoms with Gasteiger partial charge in [-0.15, -0.1) is 0 Å². The molecule has 6 heteroatoms. The van der Waals surface area contributed by atoms with Gasteiger partial charge in [0.05, 0.1) is 5.69 Å². The van der Waals surface area contributed by atoms with E-state index in [-0.39, 0.29) is 17.9 Å². The first-order chi connectivity index (χ1) is 14.0. The number of nitrogens with one attached hydrogen (secondary N) is 2. The van der Waals surface area contributed by atoms with Crippen molar-refractivity contribution in [3.8, 4) is 5.75 Å². The molecule has 2 N–H and O–H groups in total. The molecule has 2 aliphatic heterocycles. The summed E-state index contributed by atoms with van der Waals surface area (Å²) in [7, 11) is 0. The van der Waals surface area contributed by atoms with E-state index >= 15 is 0 Å². The van der Waals surface area contributed by atoms with Crippen LogP contribution in [0.25, 0.3) is 0 Å². The van der Waals surface area contributed by atoms with Gasteiger partial charge >= 0.3 is 0 Å². The lowest BCUT2D eigenvalue weighted by Gasteiger charge is -2.39. The number of fused-ring (bicyclic) bond motifs is 1. The number of ether oxygens (including phenoxy) is 1. The van der Waals surface area contributed by atoms with E-state index in [9.17, 15) is 9.59 Å². The molecule has 2 aliphatic rings. The molecule has 2 aromatic rings.